The zero-order valence-electron chi connectivity index (χ0n) is 9.03. The van der Waals surface area contributed by atoms with E-state index in [0.717, 1.165) is 0 Å². The molecule has 15 heavy (non-hydrogen) atoms. The summed E-state index contributed by atoms with van der Waals surface area (Å²) in [6, 6.07) is 0. The zero-order valence-corrected chi connectivity index (χ0v) is 9.85. The van der Waals surface area contributed by atoms with Gasteiger partial charge in [0, 0.05) is 18.7 Å². The molecule has 0 atom stereocenters. The lowest BCUT2D eigenvalue weighted by Crippen LogP contribution is -2.25. The maximum Gasteiger partial charge on any atom is 0.303 e. The molecule has 0 saturated carbocycles. The van der Waals surface area contributed by atoms with Crippen LogP contribution in [0.4, 0.5) is 0 Å². The Balaban J connectivity index is 3.42. The lowest BCUT2D eigenvalue weighted by atomic mass is 10.3. The Kier molecular flexibility index (Phi) is 7.33. The van der Waals surface area contributed by atoms with Crippen LogP contribution >= 0.6 is 0 Å². The van der Waals surface area contributed by atoms with Crippen LogP contribution in [0.15, 0.2) is 0 Å². The average molecular weight is 237 g/mol. The van der Waals surface area contributed by atoms with Crippen molar-refractivity contribution in [2.24, 2.45) is 0 Å². The van der Waals surface area contributed by atoms with Crippen molar-refractivity contribution in [3.63, 3.8) is 0 Å². The number of aliphatic carboxylic acids is 1. The number of hydrogen-bond acceptors (Lipinski definition) is 4. The van der Waals surface area contributed by atoms with Crippen LogP contribution in [-0.2, 0) is 14.6 Å². The number of nitrogens with one attached hydrogen (secondary N) is 1. The van der Waals surface area contributed by atoms with Gasteiger partial charge in [0.2, 0.25) is 0 Å². The van der Waals surface area contributed by atoms with Crippen LogP contribution < -0.4 is 5.32 Å². The lowest BCUT2D eigenvalue weighted by Gasteiger charge is -2.04. The predicted octanol–water partition coefficient (Wildman–Crippen LogP) is 0.266. The highest BCUT2D eigenvalue weighted by molar-refractivity contribution is 7.91. The Bertz CT molecular complexity index is 274. The summed E-state index contributed by atoms with van der Waals surface area (Å²) in [5, 5.41) is 11.3. The van der Waals surface area contributed by atoms with Crippen molar-refractivity contribution in [2.75, 3.05) is 24.6 Å². The van der Waals surface area contributed by atoms with Gasteiger partial charge in [-0.25, -0.2) is 8.42 Å². The van der Waals surface area contributed by atoms with Gasteiger partial charge in [-0.1, -0.05) is 6.92 Å². The normalized spacial score (nSPS) is 11.5. The Morgan fingerprint density at radius 3 is 2.47 bits per heavy atom. The molecule has 0 aliphatic carbocycles. The Morgan fingerprint density at radius 2 is 1.93 bits per heavy atom. The monoisotopic (exact) mass is 237 g/mol. The van der Waals surface area contributed by atoms with Crippen molar-refractivity contribution in [1.29, 1.82) is 0 Å². The number of sulfone groups is 1. The second kappa shape index (κ2) is 7.64. The van der Waals surface area contributed by atoms with Gasteiger partial charge in [-0.2, -0.15) is 0 Å². The summed E-state index contributed by atoms with van der Waals surface area (Å²) in [6.07, 6.45) is 1.29. The molecule has 0 aromatic rings. The molecule has 5 nitrogen and oxygen atoms in total. The fraction of sp³-hybridized carbons (Fsp3) is 0.889. The van der Waals surface area contributed by atoms with Crippen molar-refractivity contribution in [1.82, 2.24) is 5.32 Å². The van der Waals surface area contributed by atoms with Crippen molar-refractivity contribution in [2.45, 2.75) is 26.2 Å². The van der Waals surface area contributed by atoms with Gasteiger partial charge in [-0.05, 0) is 19.4 Å². The van der Waals surface area contributed by atoms with E-state index in [0.29, 0.717) is 25.9 Å². The molecule has 0 radical (unpaired) electrons. The van der Waals surface area contributed by atoms with Crippen molar-refractivity contribution in [3.05, 3.63) is 0 Å². The molecular weight excluding hydrogens is 218 g/mol. The van der Waals surface area contributed by atoms with Gasteiger partial charge in [-0.3, -0.25) is 4.79 Å². The third kappa shape index (κ3) is 9.68. The Hall–Kier alpha value is -0.620. The minimum absolute atomic E-state index is 0.120. The van der Waals surface area contributed by atoms with Crippen molar-refractivity contribution in [3.8, 4) is 0 Å². The number of carboxylic acids is 1. The molecule has 0 unspecified atom stereocenters. The molecule has 2 N–H and O–H groups in total. The molecular formula is C9H19NO4S. The van der Waals surface area contributed by atoms with E-state index in [-0.39, 0.29) is 17.9 Å². The molecule has 0 spiro atoms. The third-order valence-electron chi connectivity index (χ3n) is 1.85. The largest absolute Gasteiger partial charge is 0.481 e. The SMILES string of the molecule is CCCS(=O)(=O)CCNCCCC(=O)O. The number of carbonyl (C=O) groups is 1. The van der Waals surface area contributed by atoms with E-state index in [1.54, 1.807) is 0 Å². The van der Waals surface area contributed by atoms with Crippen LogP contribution in [0.1, 0.15) is 26.2 Å². The van der Waals surface area contributed by atoms with E-state index in [4.69, 9.17) is 5.11 Å². The number of rotatable bonds is 9. The fourth-order valence-corrected chi connectivity index (χ4v) is 2.41. The molecule has 0 amide bonds. The summed E-state index contributed by atoms with van der Waals surface area (Å²) in [4.78, 5) is 10.2. The summed E-state index contributed by atoms with van der Waals surface area (Å²) in [5.74, 6) is -0.465. The van der Waals surface area contributed by atoms with Crippen LogP contribution in [-0.4, -0.2) is 44.1 Å². The number of carboxylic acid groups (broad SMARTS) is 1. The summed E-state index contributed by atoms with van der Waals surface area (Å²) in [7, 11) is -2.91. The number of hydrogen-bond donors (Lipinski definition) is 2. The van der Waals surface area contributed by atoms with E-state index in [9.17, 15) is 13.2 Å². The molecule has 0 aliphatic rings. The van der Waals surface area contributed by atoms with Crippen LogP contribution in [0.5, 0.6) is 0 Å². The summed E-state index contributed by atoms with van der Waals surface area (Å²) in [5.41, 5.74) is 0. The first-order chi connectivity index (χ1) is 6.98. The van der Waals surface area contributed by atoms with Crippen LogP contribution in [0.25, 0.3) is 0 Å². The standard InChI is InChI=1S/C9H19NO4S/c1-2-7-15(13,14)8-6-10-5-3-4-9(11)12/h10H,2-8H2,1H3,(H,11,12). The molecule has 0 saturated heterocycles. The summed E-state index contributed by atoms with van der Waals surface area (Å²) < 4.78 is 22.5. The maximum atomic E-state index is 11.2. The molecule has 0 heterocycles. The van der Waals surface area contributed by atoms with Crippen LogP contribution in [0.3, 0.4) is 0 Å². The van der Waals surface area contributed by atoms with Gasteiger partial charge in [0.25, 0.3) is 0 Å². The van der Waals surface area contributed by atoms with Gasteiger partial charge < -0.3 is 10.4 Å². The smallest absolute Gasteiger partial charge is 0.303 e. The fourth-order valence-electron chi connectivity index (χ4n) is 1.13. The molecule has 90 valence electrons. The quantitative estimate of drug-likeness (QED) is 0.562. The van der Waals surface area contributed by atoms with Crippen molar-refractivity contribution >= 4 is 15.8 Å². The first kappa shape index (κ1) is 14.4. The second-order valence-electron chi connectivity index (χ2n) is 3.40. The molecule has 0 rings (SSSR count). The highest BCUT2D eigenvalue weighted by atomic mass is 32.2. The first-order valence-electron chi connectivity index (χ1n) is 5.11. The van der Waals surface area contributed by atoms with Gasteiger partial charge in [0.1, 0.15) is 0 Å². The van der Waals surface area contributed by atoms with Crippen LogP contribution in [0, 0.1) is 0 Å². The van der Waals surface area contributed by atoms with E-state index in [2.05, 4.69) is 5.32 Å². The molecule has 0 aliphatic heterocycles. The minimum atomic E-state index is -2.91. The van der Waals surface area contributed by atoms with E-state index in [1.807, 2.05) is 6.92 Å². The molecule has 0 aromatic heterocycles. The Morgan fingerprint density at radius 1 is 1.27 bits per heavy atom. The third-order valence-corrected chi connectivity index (χ3v) is 3.71. The van der Waals surface area contributed by atoms with E-state index < -0.39 is 15.8 Å². The average Bonchev–Trinajstić information content (AvgIpc) is 2.10. The van der Waals surface area contributed by atoms with Gasteiger partial charge in [-0.15, -0.1) is 0 Å². The minimum Gasteiger partial charge on any atom is -0.481 e. The zero-order chi connectivity index (χ0) is 11.7. The lowest BCUT2D eigenvalue weighted by molar-refractivity contribution is -0.137. The van der Waals surface area contributed by atoms with Crippen molar-refractivity contribution < 1.29 is 18.3 Å². The predicted molar refractivity (Wildman–Crippen MR) is 58.7 cm³/mol. The van der Waals surface area contributed by atoms with E-state index in [1.165, 1.54) is 0 Å². The highest BCUT2D eigenvalue weighted by Gasteiger charge is 2.07. The second-order valence-corrected chi connectivity index (χ2v) is 5.70. The van der Waals surface area contributed by atoms with E-state index >= 15 is 0 Å². The van der Waals surface area contributed by atoms with Gasteiger partial charge >= 0.3 is 5.97 Å². The molecule has 0 bridgehead atoms. The molecule has 6 heteroatoms. The topological polar surface area (TPSA) is 83.5 Å². The van der Waals surface area contributed by atoms with Crippen LogP contribution in [0.2, 0.25) is 0 Å². The summed E-state index contributed by atoms with van der Waals surface area (Å²) >= 11 is 0. The first-order valence-corrected chi connectivity index (χ1v) is 6.93. The van der Waals surface area contributed by atoms with Gasteiger partial charge in [0.05, 0.1) is 5.75 Å². The highest BCUT2D eigenvalue weighted by Crippen LogP contribution is 1.92. The maximum absolute atomic E-state index is 11.2. The summed E-state index contributed by atoms with van der Waals surface area (Å²) in [6.45, 7) is 2.79. The molecule has 0 aromatic carbocycles. The van der Waals surface area contributed by atoms with Gasteiger partial charge in [0.15, 0.2) is 9.84 Å². The molecule has 0 fully saturated rings. The Labute approximate surface area is 90.8 Å².